The number of rotatable bonds is 5. The first-order valence-electron chi connectivity index (χ1n) is 6.80. The summed E-state index contributed by atoms with van der Waals surface area (Å²) in [7, 11) is -2.11. The van der Waals surface area contributed by atoms with E-state index >= 15 is 0 Å². The van der Waals surface area contributed by atoms with Crippen LogP contribution in [0.5, 0.6) is 0 Å². The largest absolute Gasteiger partial charge is 0.326 e. The van der Waals surface area contributed by atoms with E-state index in [0.717, 1.165) is 11.1 Å². The molecule has 0 atom stereocenters. The van der Waals surface area contributed by atoms with Gasteiger partial charge in [0.2, 0.25) is 15.9 Å². The highest BCUT2D eigenvalue weighted by atomic mass is 32.2. The van der Waals surface area contributed by atoms with Crippen molar-refractivity contribution in [1.82, 2.24) is 4.72 Å². The number of anilines is 1. The highest BCUT2D eigenvalue weighted by Crippen LogP contribution is 2.14. The zero-order chi connectivity index (χ0) is 16.2. The van der Waals surface area contributed by atoms with Gasteiger partial charge < -0.3 is 5.32 Å². The molecule has 116 valence electrons. The molecule has 2 aromatic rings. The van der Waals surface area contributed by atoms with Gasteiger partial charge >= 0.3 is 0 Å². The van der Waals surface area contributed by atoms with Crippen LogP contribution in [0.2, 0.25) is 0 Å². The highest BCUT2D eigenvalue weighted by molar-refractivity contribution is 7.89. The van der Waals surface area contributed by atoms with Gasteiger partial charge in [-0.25, -0.2) is 13.1 Å². The summed E-state index contributed by atoms with van der Waals surface area (Å²) in [6.07, 6.45) is 0.276. The summed E-state index contributed by atoms with van der Waals surface area (Å²) in [4.78, 5) is 12.1. The minimum absolute atomic E-state index is 0.144. The van der Waals surface area contributed by atoms with Gasteiger partial charge in [-0.2, -0.15) is 0 Å². The number of hydrogen-bond donors (Lipinski definition) is 2. The average molecular weight is 318 g/mol. The molecule has 0 heterocycles. The number of benzene rings is 2. The first kappa shape index (κ1) is 16.2. The third-order valence-electron chi connectivity index (χ3n) is 3.16. The summed E-state index contributed by atoms with van der Waals surface area (Å²) in [6, 6.07) is 13.8. The van der Waals surface area contributed by atoms with Crippen LogP contribution in [0, 0.1) is 6.92 Å². The van der Waals surface area contributed by atoms with E-state index in [1.807, 2.05) is 31.2 Å². The molecule has 0 aliphatic heterocycles. The van der Waals surface area contributed by atoms with Crippen LogP contribution in [0.3, 0.4) is 0 Å². The first-order valence-corrected chi connectivity index (χ1v) is 8.28. The Balaban J connectivity index is 2.03. The molecule has 1 amide bonds. The number of nitrogens with one attached hydrogen (secondary N) is 2. The molecule has 6 heteroatoms. The Morgan fingerprint density at radius 2 is 1.77 bits per heavy atom. The van der Waals surface area contributed by atoms with Crippen molar-refractivity contribution in [3.05, 3.63) is 59.7 Å². The summed E-state index contributed by atoms with van der Waals surface area (Å²) in [5, 5.41) is 2.75. The second-order valence-electron chi connectivity index (χ2n) is 4.95. The second-order valence-corrected chi connectivity index (χ2v) is 6.83. The smallest absolute Gasteiger partial charge is 0.240 e. The summed E-state index contributed by atoms with van der Waals surface area (Å²) in [5.41, 5.74) is 2.60. The van der Waals surface area contributed by atoms with E-state index in [-0.39, 0.29) is 17.2 Å². The maximum atomic E-state index is 12.0. The average Bonchev–Trinajstić information content (AvgIpc) is 2.47. The van der Waals surface area contributed by atoms with E-state index in [1.165, 1.54) is 19.2 Å². The monoisotopic (exact) mass is 318 g/mol. The molecule has 0 aliphatic carbocycles. The molecule has 2 aromatic carbocycles. The molecule has 22 heavy (non-hydrogen) atoms. The van der Waals surface area contributed by atoms with Crippen LogP contribution in [0.1, 0.15) is 11.1 Å². The lowest BCUT2D eigenvalue weighted by Gasteiger charge is -2.07. The van der Waals surface area contributed by atoms with Crippen LogP contribution in [-0.4, -0.2) is 21.4 Å². The molecule has 0 bridgehead atoms. The van der Waals surface area contributed by atoms with Crippen molar-refractivity contribution < 1.29 is 13.2 Å². The topological polar surface area (TPSA) is 75.3 Å². The molecule has 0 saturated carbocycles. The number of hydrogen-bond acceptors (Lipinski definition) is 3. The van der Waals surface area contributed by atoms with Gasteiger partial charge in [-0.15, -0.1) is 0 Å². The number of amides is 1. The Labute approximate surface area is 130 Å². The Morgan fingerprint density at radius 3 is 2.36 bits per heavy atom. The third-order valence-corrected chi connectivity index (χ3v) is 4.59. The Hall–Kier alpha value is -2.18. The van der Waals surface area contributed by atoms with E-state index in [4.69, 9.17) is 0 Å². The quantitative estimate of drug-likeness (QED) is 0.886. The van der Waals surface area contributed by atoms with Crippen molar-refractivity contribution in [2.45, 2.75) is 18.2 Å². The Morgan fingerprint density at radius 1 is 1.09 bits per heavy atom. The lowest BCUT2D eigenvalue weighted by Crippen LogP contribution is -2.18. The molecule has 0 fully saturated rings. The predicted octanol–water partition coefficient (Wildman–Crippen LogP) is 2.08. The van der Waals surface area contributed by atoms with Gasteiger partial charge in [0, 0.05) is 5.69 Å². The lowest BCUT2D eigenvalue weighted by atomic mass is 10.1. The van der Waals surface area contributed by atoms with Crippen molar-refractivity contribution >= 4 is 21.6 Å². The van der Waals surface area contributed by atoms with E-state index in [1.54, 1.807) is 12.1 Å². The molecule has 5 nitrogen and oxygen atoms in total. The number of carbonyl (C=O) groups is 1. The number of aryl methyl sites for hydroxylation is 1. The predicted molar refractivity (Wildman–Crippen MR) is 86.2 cm³/mol. The summed E-state index contributed by atoms with van der Waals surface area (Å²) in [6.45, 7) is 1.97. The van der Waals surface area contributed by atoms with Crippen LogP contribution in [-0.2, 0) is 21.2 Å². The van der Waals surface area contributed by atoms with Crippen molar-refractivity contribution in [1.29, 1.82) is 0 Å². The fourth-order valence-corrected chi connectivity index (χ4v) is 2.78. The fraction of sp³-hybridized carbons (Fsp3) is 0.188. The van der Waals surface area contributed by atoms with Crippen molar-refractivity contribution in [3.8, 4) is 0 Å². The minimum Gasteiger partial charge on any atom is -0.326 e. The maximum Gasteiger partial charge on any atom is 0.240 e. The van der Waals surface area contributed by atoms with Crippen molar-refractivity contribution in [2.24, 2.45) is 0 Å². The van der Waals surface area contributed by atoms with Crippen LogP contribution < -0.4 is 10.0 Å². The molecule has 0 aromatic heterocycles. The van der Waals surface area contributed by atoms with Crippen molar-refractivity contribution in [2.75, 3.05) is 12.4 Å². The molecule has 0 aliphatic rings. The van der Waals surface area contributed by atoms with Gasteiger partial charge in [0.1, 0.15) is 0 Å². The molecule has 0 radical (unpaired) electrons. The van der Waals surface area contributed by atoms with Crippen LogP contribution in [0.15, 0.2) is 53.4 Å². The molecule has 0 unspecified atom stereocenters. The van der Waals surface area contributed by atoms with Gasteiger partial charge in [-0.1, -0.05) is 29.8 Å². The summed E-state index contributed by atoms with van der Waals surface area (Å²) < 4.78 is 25.5. The molecular formula is C16H18N2O3S. The van der Waals surface area contributed by atoms with Crippen molar-refractivity contribution in [3.63, 3.8) is 0 Å². The normalized spacial score (nSPS) is 11.2. The van der Waals surface area contributed by atoms with Gasteiger partial charge in [0.05, 0.1) is 11.3 Å². The fourth-order valence-electron chi connectivity index (χ4n) is 2.05. The Bertz CT molecular complexity index is 768. The second kappa shape index (κ2) is 6.72. The lowest BCUT2D eigenvalue weighted by molar-refractivity contribution is -0.115. The van der Waals surface area contributed by atoms with Crippen LogP contribution in [0.25, 0.3) is 0 Å². The summed E-state index contributed by atoms with van der Waals surface area (Å²) >= 11 is 0. The zero-order valence-corrected chi connectivity index (χ0v) is 13.3. The van der Waals surface area contributed by atoms with E-state index in [2.05, 4.69) is 10.0 Å². The number of carbonyl (C=O) groups excluding carboxylic acids is 1. The molecule has 2 N–H and O–H groups in total. The minimum atomic E-state index is -3.46. The Kier molecular flexibility index (Phi) is 4.95. The van der Waals surface area contributed by atoms with Crippen LogP contribution >= 0.6 is 0 Å². The molecule has 0 spiro atoms. The van der Waals surface area contributed by atoms with E-state index in [0.29, 0.717) is 5.69 Å². The van der Waals surface area contributed by atoms with E-state index < -0.39 is 10.0 Å². The molecule has 2 rings (SSSR count). The first-order chi connectivity index (χ1) is 10.4. The molecular weight excluding hydrogens is 300 g/mol. The SMILES string of the molecule is CNS(=O)(=O)c1ccc(NC(=O)Cc2cccc(C)c2)cc1. The van der Waals surface area contributed by atoms with Gasteiger partial charge in [0.25, 0.3) is 0 Å². The zero-order valence-electron chi connectivity index (χ0n) is 12.5. The third kappa shape index (κ3) is 4.16. The standard InChI is InChI=1S/C16H18N2O3S/c1-12-4-3-5-13(10-12)11-16(19)18-14-6-8-15(9-7-14)22(20,21)17-2/h3-10,17H,11H2,1-2H3,(H,18,19). The van der Waals surface area contributed by atoms with Crippen LogP contribution in [0.4, 0.5) is 5.69 Å². The van der Waals surface area contributed by atoms with Gasteiger partial charge in [-0.05, 0) is 43.8 Å². The highest BCUT2D eigenvalue weighted by Gasteiger charge is 2.11. The number of sulfonamides is 1. The maximum absolute atomic E-state index is 12.0. The van der Waals surface area contributed by atoms with Gasteiger partial charge in [-0.3, -0.25) is 4.79 Å². The van der Waals surface area contributed by atoms with Gasteiger partial charge in [0.15, 0.2) is 0 Å². The summed E-state index contributed by atoms with van der Waals surface area (Å²) in [5.74, 6) is -0.144. The molecule has 0 saturated heterocycles. The van der Waals surface area contributed by atoms with E-state index in [9.17, 15) is 13.2 Å².